The van der Waals surface area contributed by atoms with Crippen molar-refractivity contribution in [2.45, 2.75) is 68.5 Å². The first-order valence-corrected chi connectivity index (χ1v) is 12.6. The first-order chi connectivity index (χ1) is 16.0. The first kappa shape index (κ1) is 24.0. The van der Waals surface area contributed by atoms with Gasteiger partial charge in [0, 0.05) is 12.1 Å². The highest BCUT2D eigenvalue weighted by Crippen LogP contribution is 2.28. The monoisotopic (exact) mass is 483 g/mol. The summed E-state index contributed by atoms with van der Waals surface area (Å²) < 4.78 is 31.8. The minimum absolute atomic E-state index is 0.124. The van der Waals surface area contributed by atoms with Crippen LogP contribution in [0.5, 0.6) is 0 Å². The first-order valence-electron chi connectivity index (χ1n) is 11.1. The van der Waals surface area contributed by atoms with Crippen LogP contribution >= 0.6 is 0 Å². The Morgan fingerprint density at radius 1 is 1.12 bits per heavy atom. The number of carbonyl (C=O) groups excluding carboxylic acids is 1. The van der Waals surface area contributed by atoms with Crippen LogP contribution in [0.3, 0.4) is 0 Å². The average molecular weight is 484 g/mol. The normalized spacial score (nSPS) is 16.4. The molecule has 0 radical (unpaired) electrons. The van der Waals surface area contributed by atoms with E-state index >= 15 is 0 Å². The van der Waals surface area contributed by atoms with Crippen LogP contribution in [0.1, 0.15) is 45.0 Å². The van der Waals surface area contributed by atoms with E-state index in [2.05, 4.69) is 15.4 Å². The summed E-state index contributed by atoms with van der Waals surface area (Å²) in [7, 11) is -3.70. The summed E-state index contributed by atoms with van der Waals surface area (Å²) in [5.41, 5.74) is 5.23. The summed E-state index contributed by atoms with van der Waals surface area (Å²) in [5, 5.41) is 0. The third kappa shape index (κ3) is 5.48. The van der Waals surface area contributed by atoms with Gasteiger partial charge < -0.3 is 9.72 Å². The molecule has 3 aromatic rings. The van der Waals surface area contributed by atoms with Crippen LogP contribution in [-0.2, 0) is 30.6 Å². The molecule has 4 rings (SSSR count). The van der Waals surface area contributed by atoms with Crippen LogP contribution in [0.15, 0.2) is 64.0 Å². The smallest absolute Gasteiger partial charge is 0.309 e. The standard InChI is InChI=1S/C25H29N3O5S/c1-16-8-11-19(12-9-16)34(30,31)21-7-5-6-20-24(21)27-22(26-20)13-10-17-14-18(33-28-17)15-23(29)32-25(2,3)4/h5-9,11-12,14,18,28H,10,13,15H2,1-4H3,(H,26,27)/t18-/m1/s1. The van der Waals surface area contributed by atoms with E-state index in [0.717, 1.165) is 11.3 Å². The summed E-state index contributed by atoms with van der Waals surface area (Å²) in [5.74, 6) is 0.344. The number of para-hydroxylation sites is 1. The van der Waals surface area contributed by atoms with Gasteiger partial charge in [-0.15, -0.1) is 0 Å². The van der Waals surface area contributed by atoms with Gasteiger partial charge in [-0.1, -0.05) is 23.8 Å². The van der Waals surface area contributed by atoms with Crippen LogP contribution < -0.4 is 5.48 Å². The molecule has 1 aromatic heterocycles. The predicted octanol–water partition coefficient (Wildman–Crippen LogP) is 4.16. The number of benzene rings is 2. The lowest BCUT2D eigenvalue weighted by Gasteiger charge is -2.20. The molecule has 2 N–H and O–H groups in total. The van der Waals surface area contributed by atoms with Crippen molar-refractivity contribution in [3.05, 3.63) is 65.6 Å². The fourth-order valence-electron chi connectivity index (χ4n) is 3.72. The molecule has 2 aromatic carbocycles. The molecule has 180 valence electrons. The number of nitrogens with one attached hydrogen (secondary N) is 2. The fourth-order valence-corrected chi connectivity index (χ4v) is 5.13. The van der Waals surface area contributed by atoms with Crippen LogP contribution in [0.2, 0.25) is 0 Å². The number of nitrogens with zero attached hydrogens (tertiary/aromatic N) is 1. The van der Waals surface area contributed by atoms with E-state index in [0.29, 0.717) is 29.7 Å². The maximum Gasteiger partial charge on any atom is 0.309 e. The van der Waals surface area contributed by atoms with E-state index in [1.165, 1.54) is 0 Å². The number of sulfone groups is 1. The van der Waals surface area contributed by atoms with Crippen molar-refractivity contribution in [3.8, 4) is 0 Å². The number of fused-ring (bicyclic) bond motifs is 1. The molecular weight excluding hydrogens is 454 g/mol. The predicted molar refractivity (Wildman–Crippen MR) is 128 cm³/mol. The molecule has 0 saturated carbocycles. The molecule has 0 amide bonds. The average Bonchev–Trinajstić information content (AvgIpc) is 3.37. The number of aromatic nitrogens is 2. The summed E-state index contributed by atoms with van der Waals surface area (Å²) in [6.45, 7) is 7.39. The zero-order chi connectivity index (χ0) is 24.5. The van der Waals surface area contributed by atoms with Gasteiger partial charge in [0.15, 0.2) is 0 Å². The Kier molecular flexibility index (Phi) is 6.51. The van der Waals surface area contributed by atoms with E-state index in [1.807, 2.05) is 39.8 Å². The van der Waals surface area contributed by atoms with E-state index in [9.17, 15) is 13.2 Å². The molecular formula is C25H29N3O5S. The number of allylic oxidation sites excluding steroid dienone is 1. The second-order valence-corrected chi connectivity index (χ2v) is 11.3. The van der Waals surface area contributed by atoms with E-state index < -0.39 is 21.5 Å². The van der Waals surface area contributed by atoms with Crippen molar-refractivity contribution in [2.24, 2.45) is 0 Å². The van der Waals surface area contributed by atoms with Crippen LogP contribution in [0, 0.1) is 6.92 Å². The van der Waals surface area contributed by atoms with Gasteiger partial charge in [0.25, 0.3) is 0 Å². The molecule has 8 nitrogen and oxygen atoms in total. The van der Waals surface area contributed by atoms with Crippen LogP contribution in [0.4, 0.5) is 0 Å². The van der Waals surface area contributed by atoms with E-state index in [1.54, 1.807) is 36.4 Å². The molecule has 0 aliphatic carbocycles. The maximum atomic E-state index is 13.2. The zero-order valence-corrected chi connectivity index (χ0v) is 20.5. The molecule has 1 aliphatic heterocycles. The number of hydrogen-bond donors (Lipinski definition) is 2. The third-order valence-electron chi connectivity index (χ3n) is 5.29. The van der Waals surface area contributed by atoms with Gasteiger partial charge >= 0.3 is 5.97 Å². The summed E-state index contributed by atoms with van der Waals surface area (Å²) in [6, 6.07) is 11.9. The quantitative estimate of drug-likeness (QED) is 0.486. The number of rotatable bonds is 7. The highest BCUT2D eigenvalue weighted by molar-refractivity contribution is 7.91. The minimum Gasteiger partial charge on any atom is -0.460 e. The summed E-state index contributed by atoms with van der Waals surface area (Å²) in [6.07, 6.45) is 2.72. The molecule has 9 heteroatoms. The summed E-state index contributed by atoms with van der Waals surface area (Å²) in [4.78, 5) is 25.7. The molecule has 1 atom stereocenters. The van der Waals surface area contributed by atoms with Crippen molar-refractivity contribution in [1.29, 1.82) is 0 Å². The molecule has 34 heavy (non-hydrogen) atoms. The number of hydroxylamine groups is 1. The molecule has 2 heterocycles. The van der Waals surface area contributed by atoms with Crippen LogP contribution in [-0.4, -0.2) is 36.1 Å². The molecule has 0 unspecified atom stereocenters. The highest BCUT2D eigenvalue weighted by atomic mass is 32.2. The van der Waals surface area contributed by atoms with Gasteiger partial charge in [0.1, 0.15) is 23.0 Å². The topological polar surface area (TPSA) is 110 Å². The van der Waals surface area contributed by atoms with Crippen molar-refractivity contribution >= 4 is 26.8 Å². The molecule has 0 spiro atoms. The van der Waals surface area contributed by atoms with Gasteiger partial charge in [0.2, 0.25) is 9.84 Å². The largest absolute Gasteiger partial charge is 0.460 e. The SMILES string of the molecule is Cc1ccc(S(=O)(=O)c2cccc3[nH]c(CCC4=C[C@H](CC(=O)OC(C)(C)C)ON4)nc23)cc1. The van der Waals surface area contributed by atoms with Gasteiger partial charge in [-0.25, -0.2) is 13.4 Å². The van der Waals surface area contributed by atoms with Crippen molar-refractivity contribution in [1.82, 2.24) is 15.4 Å². The number of aryl methyl sites for hydroxylation is 2. The maximum absolute atomic E-state index is 13.2. The van der Waals surface area contributed by atoms with Crippen molar-refractivity contribution in [3.63, 3.8) is 0 Å². The molecule has 0 fully saturated rings. The molecule has 0 saturated heterocycles. The van der Waals surface area contributed by atoms with Gasteiger partial charge in [-0.3, -0.25) is 15.1 Å². The number of hydrogen-bond acceptors (Lipinski definition) is 7. The lowest BCUT2D eigenvalue weighted by Crippen LogP contribution is -2.26. The van der Waals surface area contributed by atoms with E-state index in [-0.39, 0.29) is 22.2 Å². The Labute approximate surface area is 199 Å². The lowest BCUT2D eigenvalue weighted by molar-refractivity contribution is -0.157. The zero-order valence-electron chi connectivity index (χ0n) is 19.7. The van der Waals surface area contributed by atoms with Crippen LogP contribution in [0.25, 0.3) is 11.0 Å². The second-order valence-electron chi connectivity index (χ2n) is 9.39. The minimum atomic E-state index is -3.70. The lowest BCUT2D eigenvalue weighted by atomic mass is 10.1. The Bertz CT molecular complexity index is 1340. The highest BCUT2D eigenvalue weighted by Gasteiger charge is 2.25. The van der Waals surface area contributed by atoms with Gasteiger partial charge in [0.05, 0.1) is 21.7 Å². The Morgan fingerprint density at radius 2 is 1.85 bits per heavy atom. The summed E-state index contributed by atoms with van der Waals surface area (Å²) >= 11 is 0. The van der Waals surface area contributed by atoms with E-state index in [4.69, 9.17) is 9.57 Å². The number of carbonyl (C=O) groups is 1. The van der Waals surface area contributed by atoms with Gasteiger partial charge in [-0.05, 0) is 64.5 Å². The third-order valence-corrected chi connectivity index (χ3v) is 7.09. The number of esters is 1. The Hall–Kier alpha value is -3.17. The number of ether oxygens (including phenoxy) is 1. The van der Waals surface area contributed by atoms with Gasteiger partial charge in [-0.2, -0.15) is 0 Å². The van der Waals surface area contributed by atoms with Crippen molar-refractivity contribution in [2.75, 3.05) is 0 Å². The number of H-pyrrole nitrogens is 1. The number of imidazole rings is 1. The molecule has 0 bridgehead atoms. The fraction of sp³-hybridized carbons (Fsp3) is 0.360. The number of aromatic amines is 1. The Balaban J connectivity index is 1.46. The Morgan fingerprint density at radius 3 is 2.56 bits per heavy atom. The molecule has 1 aliphatic rings. The second kappa shape index (κ2) is 9.23. The van der Waals surface area contributed by atoms with Crippen molar-refractivity contribution < 1.29 is 22.8 Å².